The van der Waals surface area contributed by atoms with E-state index in [4.69, 9.17) is 17.7 Å². The molecule has 0 amide bonds. The van der Waals surface area contributed by atoms with E-state index >= 15 is 0 Å². The van der Waals surface area contributed by atoms with E-state index in [1.165, 1.54) is 27.8 Å². The van der Waals surface area contributed by atoms with Crippen LogP contribution in [0.25, 0.3) is 189 Å². The molecular weight excluding hydrogens is 2450 g/mol. The second-order valence-corrected chi connectivity index (χ2v) is 32.7. The standard InChI is InChI=1S/C23H14NO.C19H14NO.2C18H12NO.3C12H10N.C11H8N.4Ir/c1-2-7-16(8-3-1)17-13-14-24-21(15-17)20-11-6-10-19-18-9-4-5-12-22(18)25-23(19)20;1-12-10-13(2)18(20-11-12)16-8-5-7-15-14-6-3-4-9-17(14)21-19(15)16;1-12-9-10-19-16(11-12)15-7-4-6-14-13-5-2-3-8-17(13)20-18(14)15;1-12-9-10-16(19-11-12)15-7-4-6-14-13-5-2-3-8-17(13)20-18(14)15;3*1-10-7-8-12(13-9-10)11-5-3-2-4-6-11;1-2-6-10(7-3-1)11-8-4-5-9-12-11;;;;/h1-10,12-15H;3-7,9-11H,1-2H3;2*2-6,8-11H,1H3;3*2-5,7-9H,1H3;1-6,8-9H;;;;/q8*-1;;;;. The largest absolute Gasteiger partial charge is 0.501 e. The molecule has 0 bridgehead atoms. The van der Waals surface area contributed by atoms with Gasteiger partial charge in [0.1, 0.15) is 22.3 Å². The fraction of sp³-hybridized carbons (Fsp3) is 0.0560. The first-order valence-electron chi connectivity index (χ1n) is 45.0. The summed E-state index contributed by atoms with van der Waals surface area (Å²) in [5.74, 6) is 0. The maximum absolute atomic E-state index is 6.11. The smallest absolute Gasteiger partial charge is 0.120 e. The average molecular weight is 2540 g/mol. The summed E-state index contributed by atoms with van der Waals surface area (Å²) < 4.78 is 24.2. The summed E-state index contributed by atoms with van der Waals surface area (Å²) in [5.41, 5.74) is 32.8. The third kappa shape index (κ3) is 25.1. The van der Waals surface area contributed by atoms with E-state index in [2.05, 4.69) is 188 Å². The number of fused-ring (bicyclic) bond motifs is 12. The summed E-state index contributed by atoms with van der Waals surface area (Å²) in [6.45, 7) is 14.3. The number of furan rings is 4. The predicted molar refractivity (Wildman–Crippen MR) is 556 cm³/mol. The number of hydrogen-bond donors (Lipinski definition) is 0. The number of para-hydroxylation sites is 4. The third-order valence-electron chi connectivity index (χ3n) is 22.6. The summed E-state index contributed by atoms with van der Waals surface area (Å²) in [7, 11) is 0. The van der Waals surface area contributed by atoms with E-state index in [0.717, 1.165) is 200 Å². The first kappa shape index (κ1) is 102. The number of hydrogen-bond acceptors (Lipinski definition) is 12. The fourth-order valence-corrected chi connectivity index (χ4v) is 15.8. The third-order valence-corrected chi connectivity index (χ3v) is 22.6. The first-order valence-corrected chi connectivity index (χ1v) is 45.0. The molecular formula is C125H90Ir4N8O4-8. The topological polar surface area (TPSA) is 156 Å². The van der Waals surface area contributed by atoms with Crippen molar-refractivity contribution in [3.63, 3.8) is 0 Å². The van der Waals surface area contributed by atoms with E-state index in [-0.39, 0.29) is 80.4 Å². The van der Waals surface area contributed by atoms with Crippen molar-refractivity contribution in [1.82, 2.24) is 39.9 Å². The van der Waals surface area contributed by atoms with Gasteiger partial charge in [-0.2, -0.15) is 0 Å². The molecule has 0 aliphatic rings. The Balaban J connectivity index is 0.000000129. The Morgan fingerprint density at radius 3 is 0.865 bits per heavy atom. The van der Waals surface area contributed by atoms with Crippen molar-refractivity contribution < 1.29 is 98.1 Å². The molecule has 25 rings (SSSR count). The number of aryl methyl sites for hydroxylation is 7. The van der Waals surface area contributed by atoms with Crippen LogP contribution in [0.1, 0.15) is 38.9 Å². The molecule has 16 heteroatoms. The van der Waals surface area contributed by atoms with E-state index in [9.17, 15) is 0 Å². The zero-order valence-electron chi connectivity index (χ0n) is 77.9. The minimum atomic E-state index is 0. The molecule has 0 atom stereocenters. The van der Waals surface area contributed by atoms with Crippen LogP contribution in [0.15, 0.2) is 437 Å². The van der Waals surface area contributed by atoms with Crippen LogP contribution in [0.5, 0.6) is 0 Å². The number of aromatic nitrogens is 8. The van der Waals surface area contributed by atoms with Crippen LogP contribution in [0, 0.1) is 97.0 Å². The molecule has 0 spiro atoms. The van der Waals surface area contributed by atoms with Gasteiger partial charge in [0.25, 0.3) is 0 Å². The Hall–Kier alpha value is -15.1. The van der Waals surface area contributed by atoms with Crippen molar-refractivity contribution in [2.45, 2.75) is 48.5 Å². The molecule has 4 radical (unpaired) electrons. The maximum Gasteiger partial charge on any atom is 0.120 e. The van der Waals surface area contributed by atoms with E-state index in [0.29, 0.717) is 0 Å². The molecule has 0 unspecified atom stereocenters. The van der Waals surface area contributed by atoms with Crippen LogP contribution < -0.4 is 0 Å². The molecule has 0 saturated heterocycles. The summed E-state index contributed by atoms with van der Waals surface area (Å²) in [4.78, 5) is 35.2. The second-order valence-electron chi connectivity index (χ2n) is 32.7. The predicted octanol–water partition coefficient (Wildman–Crippen LogP) is 31.8. The monoisotopic (exact) mass is 2540 g/mol. The van der Waals surface area contributed by atoms with E-state index in [1.807, 2.05) is 362 Å². The van der Waals surface area contributed by atoms with Gasteiger partial charge in [-0.05, 0) is 175 Å². The Morgan fingerprint density at radius 2 is 0.511 bits per heavy atom. The molecule has 698 valence electrons. The molecule has 12 nitrogen and oxygen atoms in total. The van der Waals surface area contributed by atoms with Gasteiger partial charge in [0.15, 0.2) is 0 Å². The summed E-state index contributed by atoms with van der Waals surface area (Å²) in [6, 6.07) is 148. The van der Waals surface area contributed by atoms with Crippen LogP contribution in [-0.4, -0.2) is 39.9 Å². The Labute approximate surface area is 874 Å². The van der Waals surface area contributed by atoms with Crippen molar-refractivity contribution in [2.24, 2.45) is 0 Å². The van der Waals surface area contributed by atoms with Crippen LogP contribution in [-0.2, 0) is 80.4 Å². The van der Waals surface area contributed by atoms with Gasteiger partial charge in [0, 0.05) is 152 Å². The van der Waals surface area contributed by atoms with Gasteiger partial charge >= 0.3 is 0 Å². The van der Waals surface area contributed by atoms with E-state index < -0.39 is 0 Å². The van der Waals surface area contributed by atoms with E-state index in [1.54, 1.807) is 6.20 Å². The number of benzene rings is 13. The van der Waals surface area contributed by atoms with Crippen molar-refractivity contribution in [2.75, 3.05) is 0 Å². The summed E-state index contributed by atoms with van der Waals surface area (Å²) >= 11 is 0. The zero-order chi connectivity index (χ0) is 93.6. The van der Waals surface area contributed by atoms with Crippen molar-refractivity contribution in [3.05, 3.63) is 507 Å². The Kier molecular flexibility index (Phi) is 35.7. The summed E-state index contributed by atoms with van der Waals surface area (Å²) in [5, 5.41) is 8.93. The number of pyridine rings is 8. The SMILES string of the molecule is Cc1ccc(-c2[c-]ccc3c2oc2ccccc23)nc1.Cc1ccc(-c2[c-]cccc2)nc1.Cc1ccc(-c2[c-]cccc2)nc1.Cc1ccc(-c2[c-]cccc2)nc1.Cc1ccnc(-c2[c-]ccc3c2oc2ccccc23)c1.Cc1cnc(-c2[c-]ccc3c2oc2ccccc23)c(C)c1.[Ir].[Ir].[Ir].[Ir].[c-]1ccc2c(oc3ccccc32)c1-c1cc(-c2ccccc2)ccn1.[c-]1ccccc1-c1ccccn1. The zero-order valence-corrected chi connectivity index (χ0v) is 87.5. The van der Waals surface area contributed by atoms with Crippen LogP contribution >= 0.6 is 0 Å². The molecule has 12 aromatic heterocycles. The molecule has 141 heavy (non-hydrogen) atoms. The molecule has 12 heterocycles. The van der Waals surface area contributed by atoms with Gasteiger partial charge in [-0.25, -0.2) is 0 Å². The molecule has 25 aromatic rings. The average Bonchev–Trinajstić information content (AvgIpc) is 1.64. The van der Waals surface area contributed by atoms with Gasteiger partial charge < -0.3 is 57.5 Å². The minimum absolute atomic E-state index is 0. The number of rotatable bonds is 9. The molecule has 0 N–H and O–H groups in total. The number of nitrogens with zero attached hydrogens (tertiary/aromatic N) is 8. The van der Waals surface area contributed by atoms with Crippen molar-refractivity contribution in [1.29, 1.82) is 0 Å². The van der Waals surface area contributed by atoms with Gasteiger partial charge in [-0.15, -0.1) is 216 Å². The van der Waals surface area contributed by atoms with Crippen LogP contribution in [0.2, 0.25) is 0 Å². The van der Waals surface area contributed by atoms with Gasteiger partial charge in [-0.1, -0.05) is 237 Å². The van der Waals surface area contributed by atoms with Crippen LogP contribution in [0.3, 0.4) is 0 Å². The minimum Gasteiger partial charge on any atom is -0.501 e. The normalized spacial score (nSPS) is 10.4. The quantitative estimate of drug-likeness (QED) is 0.126. The van der Waals surface area contributed by atoms with Gasteiger partial charge in [-0.3, -0.25) is 0 Å². The van der Waals surface area contributed by atoms with Crippen molar-refractivity contribution >= 4 is 87.8 Å². The molecule has 0 aliphatic heterocycles. The van der Waals surface area contributed by atoms with Crippen LogP contribution in [0.4, 0.5) is 0 Å². The van der Waals surface area contributed by atoms with Gasteiger partial charge in [0.2, 0.25) is 0 Å². The molecule has 0 fully saturated rings. The summed E-state index contributed by atoms with van der Waals surface area (Å²) in [6.07, 6.45) is 14.8. The fourth-order valence-electron chi connectivity index (χ4n) is 15.8. The first-order chi connectivity index (χ1) is 67.3. The maximum atomic E-state index is 6.11. The molecule has 0 aliphatic carbocycles. The Morgan fingerprint density at radius 1 is 0.191 bits per heavy atom. The molecule has 13 aromatic carbocycles. The second kappa shape index (κ2) is 49.4. The van der Waals surface area contributed by atoms with Gasteiger partial charge in [0.05, 0.1) is 22.3 Å². The Bertz CT molecular complexity index is 8100. The van der Waals surface area contributed by atoms with Crippen molar-refractivity contribution in [3.8, 4) is 101 Å². The molecule has 0 saturated carbocycles.